The summed E-state index contributed by atoms with van der Waals surface area (Å²) < 4.78 is 1.83. The first-order chi connectivity index (χ1) is 10.1. The Balaban J connectivity index is 1.99. The predicted molar refractivity (Wildman–Crippen MR) is 85.7 cm³/mol. The van der Waals surface area contributed by atoms with Gasteiger partial charge in [-0.3, -0.25) is 4.79 Å². The van der Waals surface area contributed by atoms with Crippen LogP contribution >= 0.6 is 23.2 Å². The lowest BCUT2D eigenvalue weighted by Crippen LogP contribution is -2.39. The molecule has 0 atom stereocenters. The van der Waals surface area contributed by atoms with Crippen LogP contribution < -0.4 is 9.88 Å². The van der Waals surface area contributed by atoms with Gasteiger partial charge >= 0.3 is 0 Å². The number of nitrogens with one attached hydrogen (secondary N) is 1. The Morgan fingerprint density at radius 3 is 2.57 bits per heavy atom. The summed E-state index contributed by atoms with van der Waals surface area (Å²) in [6, 6.07) is 9.21. The fourth-order valence-corrected chi connectivity index (χ4v) is 2.35. The number of benzene rings is 1. The van der Waals surface area contributed by atoms with E-state index in [-0.39, 0.29) is 12.5 Å². The molecule has 0 radical (unpaired) electrons. The molecular weight excluding hydrogens is 307 g/mol. The third-order valence-corrected chi connectivity index (χ3v) is 3.87. The number of halogens is 2. The largest absolute Gasteiger partial charge is 0.319 e. The third kappa shape index (κ3) is 4.45. The Bertz CT molecular complexity index is 627. The van der Waals surface area contributed by atoms with Crippen molar-refractivity contribution in [3.05, 3.63) is 58.3 Å². The van der Waals surface area contributed by atoms with Crippen molar-refractivity contribution in [3.63, 3.8) is 0 Å². The van der Waals surface area contributed by atoms with Crippen molar-refractivity contribution in [1.82, 2.24) is 0 Å². The number of amides is 1. The van der Waals surface area contributed by atoms with Gasteiger partial charge in [0, 0.05) is 12.1 Å². The van der Waals surface area contributed by atoms with Gasteiger partial charge in [0.2, 0.25) is 6.54 Å². The number of aromatic nitrogens is 1. The molecule has 5 heteroatoms. The summed E-state index contributed by atoms with van der Waals surface area (Å²) in [6.07, 6.45) is 5.97. The highest BCUT2D eigenvalue weighted by atomic mass is 35.5. The minimum absolute atomic E-state index is 0.146. The van der Waals surface area contributed by atoms with Crippen LogP contribution in [0.3, 0.4) is 0 Å². The zero-order valence-corrected chi connectivity index (χ0v) is 13.3. The van der Waals surface area contributed by atoms with E-state index in [2.05, 4.69) is 12.2 Å². The van der Waals surface area contributed by atoms with Crippen molar-refractivity contribution in [2.24, 2.45) is 0 Å². The highest BCUT2D eigenvalue weighted by Crippen LogP contribution is 2.29. The number of carbonyl (C=O) groups is 1. The highest BCUT2D eigenvalue weighted by Gasteiger charge is 2.12. The normalized spacial score (nSPS) is 10.4. The number of rotatable bonds is 5. The molecule has 0 bridgehead atoms. The zero-order chi connectivity index (χ0) is 15.2. The summed E-state index contributed by atoms with van der Waals surface area (Å²) in [5.74, 6) is -0.146. The molecule has 1 aromatic carbocycles. The summed E-state index contributed by atoms with van der Waals surface area (Å²) in [7, 11) is 0. The van der Waals surface area contributed by atoms with Crippen LogP contribution in [0.25, 0.3) is 0 Å². The lowest BCUT2D eigenvalue weighted by Gasteiger charge is -2.06. The molecule has 0 aliphatic carbocycles. The summed E-state index contributed by atoms with van der Waals surface area (Å²) in [5, 5.41) is 3.54. The lowest BCUT2D eigenvalue weighted by molar-refractivity contribution is -0.684. The maximum absolute atomic E-state index is 12.0. The highest BCUT2D eigenvalue weighted by molar-refractivity contribution is 6.43. The lowest BCUT2D eigenvalue weighted by atomic mass is 10.2. The first-order valence-corrected chi connectivity index (χ1v) is 7.57. The standard InChI is InChI=1S/C16H16Cl2N2O/c1-2-4-12-7-9-20(10-8-12)11-15(21)19-14-6-3-5-13(17)16(14)18/h3,5-10H,2,4,11H2,1H3/p+1. The second-order valence-electron chi connectivity index (χ2n) is 4.78. The topological polar surface area (TPSA) is 33.0 Å². The zero-order valence-electron chi connectivity index (χ0n) is 11.8. The second kappa shape index (κ2) is 7.43. The van der Waals surface area contributed by atoms with Gasteiger partial charge in [0.15, 0.2) is 12.4 Å². The molecule has 0 saturated carbocycles. The van der Waals surface area contributed by atoms with Crippen molar-refractivity contribution < 1.29 is 9.36 Å². The number of aryl methyl sites for hydroxylation is 1. The first kappa shape index (κ1) is 15.8. The molecule has 2 aromatic rings. The fourth-order valence-electron chi connectivity index (χ4n) is 2.00. The Kier molecular flexibility index (Phi) is 5.59. The molecule has 2 rings (SSSR count). The third-order valence-electron chi connectivity index (χ3n) is 3.05. The quantitative estimate of drug-likeness (QED) is 0.832. The van der Waals surface area contributed by atoms with Gasteiger partial charge in [-0.15, -0.1) is 0 Å². The van der Waals surface area contributed by atoms with E-state index in [1.54, 1.807) is 18.2 Å². The summed E-state index contributed by atoms with van der Waals surface area (Å²) in [4.78, 5) is 12.0. The molecule has 1 heterocycles. The number of hydrogen-bond donors (Lipinski definition) is 1. The minimum atomic E-state index is -0.146. The number of hydrogen-bond acceptors (Lipinski definition) is 1. The average Bonchev–Trinajstić information content (AvgIpc) is 2.46. The summed E-state index contributed by atoms with van der Waals surface area (Å²) in [5.41, 5.74) is 1.80. The van der Waals surface area contributed by atoms with E-state index < -0.39 is 0 Å². The monoisotopic (exact) mass is 323 g/mol. The van der Waals surface area contributed by atoms with Crippen LogP contribution in [0.5, 0.6) is 0 Å². The molecule has 110 valence electrons. The maximum Gasteiger partial charge on any atom is 0.290 e. The molecule has 1 amide bonds. The van der Waals surface area contributed by atoms with Gasteiger partial charge in [-0.05, 0) is 24.1 Å². The van der Waals surface area contributed by atoms with Crippen LogP contribution in [-0.4, -0.2) is 5.91 Å². The number of anilines is 1. The van der Waals surface area contributed by atoms with E-state index >= 15 is 0 Å². The maximum atomic E-state index is 12.0. The smallest absolute Gasteiger partial charge is 0.290 e. The van der Waals surface area contributed by atoms with E-state index in [4.69, 9.17) is 23.2 Å². The van der Waals surface area contributed by atoms with Crippen molar-refractivity contribution in [2.45, 2.75) is 26.3 Å². The molecule has 21 heavy (non-hydrogen) atoms. The Morgan fingerprint density at radius 2 is 1.90 bits per heavy atom. The van der Waals surface area contributed by atoms with Crippen LogP contribution in [0.1, 0.15) is 18.9 Å². The molecule has 0 fully saturated rings. The van der Waals surface area contributed by atoms with Gasteiger partial charge < -0.3 is 5.32 Å². The molecule has 1 N–H and O–H groups in total. The summed E-state index contributed by atoms with van der Waals surface area (Å²) >= 11 is 12.0. The van der Waals surface area contributed by atoms with Crippen LogP contribution in [0, 0.1) is 0 Å². The molecule has 3 nitrogen and oxygen atoms in total. The van der Waals surface area contributed by atoms with Crippen LogP contribution in [0.15, 0.2) is 42.7 Å². The van der Waals surface area contributed by atoms with E-state index in [0.29, 0.717) is 15.7 Å². The van der Waals surface area contributed by atoms with E-state index in [0.717, 1.165) is 12.8 Å². The van der Waals surface area contributed by atoms with Gasteiger partial charge in [0.1, 0.15) is 0 Å². The SMILES string of the molecule is CCCc1cc[n+](CC(=O)Nc2cccc(Cl)c2Cl)cc1. The molecule has 0 aliphatic rings. The van der Waals surface area contributed by atoms with Gasteiger partial charge in [0.25, 0.3) is 5.91 Å². The van der Waals surface area contributed by atoms with Crippen LogP contribution in [-0.2, 0) is 17.8 Å². The second-order valence-corrected chi connectivity index (χ2v) is 5.56. The molecule has 0 spiro atoms. The predicted octanol–water partition coefficient (Wildman–Crippen LogP) is 3.87. The number of carbonyl (C=O) groups excluding carboxylic acids is 1. The fraction of sp³-hybridized carbons (Fsp3) is 0.250. The molecular formula is C16H17Cl2N2O+. The molecule has 0 unspecified atom stereocenters. The van der Waals surface area contributed by atoms with Crippen molar-refractivity contribution in [1.29, 1.82) is 0 Å². The van der Waals surface area contributed by atoms with Gasteiger partial charge in [0.05, 0.1) is 15.7 Å². The van der Waals surface area contributed by atoms with Crippen molar-refractivity contribution in [3.8, 4) is 0 Å². The molecule has 0 saturated heterocycles. The van der Waals surface area contributed by atoms with E-state index in [9.17, 15) is 4.79 Å². The average molecular weight is 324 g/mol. The molecule has 1 aromatic heterocycles. The first-order valence-electron chi connectivity index (χ1n) is 6.82. The Hall–Kier alpha value is -1.58. The van der Waals surface area contributed by atoms with Crippen molar-refractivity contribution in [2.75, 3.05) is 5.32 Å². The van der Waals surface area contributed by atoms with Crippen LogP contribution in [0.2, 0.25) is 10.0 Å². The number of pyridine rings is 1. The van der Waals surface area contributed by atoms with Crippen molar-refractivity contribution >= 4 is 34.8 Å². The van der Waals surface area contributed by atoms with E-state index in [1.807, 2.05) is 29.1 Å². The summed E-state index contributed by atoms with van der Waals surface area (Å²) in [6.45, 7) is 2.37. The number of nitrogens with zero attached hydrogens (tertiary/aromatic N) is 1. The molecule has 0 aliphatic heterocycles. The van der Waals surface area contributed by atoms with Gasteiger partial charge in [-0.1, -0.05) is 42.6 Å². The minimum Gasteiger partial charge on any atom is -0.319 e. The van der Waals surface area contributed by atoms with E-state index in [1.165, 1.54) is 5.56 Å². The Morgan fingerprint density at radius 1 is 1.19 bits per heavy atom. The Labute approximate surface area is 134 Å². The van der Waals surface area contributed by atoms with Gasteiger partial charge in [-0.2, -0.15) is 4.57 Å². The van der Waals surface area contributed by atoms with Gasteiger partial charge in [-0.25, -0.2) is 0 Å². The van der Waals surface area contributed by atoms with Crippen LogP contribution in [0.4, 0.5) is 5.69 Å².